The lowest BCUT2D eigenvalue weighted by Crippen LogP contribution is -2.09. The number of carboxylic acid groups (broad SMARTS) is 1. The van der Waals surface area contributed by atoms with Gasteiger partial charge in [-0.3, -0.25) is 4.79 Å². The SMILES string of the molecule is C/C(=C\c1ccco1)CC(C)C(=O)O. The number of carboxylic acids is 1. The molecule has 0 fully saturated rings. The molecule has 0 saturated heterocycles. The molecule has 0 saturated carbocycles. The molecule has 1 unspecified atom stereocenters. The van der Waals surface area contributed by atoms with Crippen LogP contribution in [0.4, 0.5) is 0 Å². The summed E-state index contributed by atoms with van der Waals surface area (Å²) in [6.07, 6.45) is 4.01. The van der Waals surface area contributed by atoms with Gasteiger partial charge in [-0.05, 0) is 31.6 Å². The Hall–Kier alpha value is -1.51. The van der Waals surface area contributed by atoms with E-state index in [1.165, 1.54) is 0 Å². The molecular weight excluding hydrogens is 180 g/mol. The molecule has 0 spiro atoms. The third kappa shape index (κ3) is 3.09. The molecule has 14 heavy (non-hydrogen) atoms. The van der Waals surface area contributed by atoms with Crippen molar-refractivity contribution in [3.63, 3.8) is 0 Å². The number of carbonyl (C=O) groups is 1. The number of hydrogen-bond acceptors (Lipinski definition) is 2. The molecule has 0 aliphatic carbocycles. The van der Waals surface area contributed by atoms with Gasteiger partial charge in [0, 0.05) is 0 Å². The van der Waals surface area contributed by atoms with Crippen LogP contribution in [-0.2, 0) is 4.79 Å². The van der Waals surface area contributed by atoms with Crippen LogP contribution in [-0.4, -0.2) is 11.1 Å². The fourth-order valence-electron chi connectivity index (χ4n) is 1.25. The molecule has 0 amide bonds. The van der Waals surface area contributed by atoms with Crippen LogP contribution in [0.15, 0.2) is 28.4 Å². The maximum atomic E-state index is 10.6. The second-order valence-electron chi connectivity index (χ2n) is 3.45. The molecule has 0 radical (unpaired) electrons. The van der Waals surface area contributed by atoms with Gasteiger partial charge in [0.15, 0.2) is 0 Å². The Bertz CT molecular complexity index is 322. The van der Waals surface area contributed by atoms with Gasteiger partial charge in [0.05, 0.1) is 12.2 Å². The molecule has 1 atom stereocenters. The maximum absolute atomic E-state index is 10.6. The summed E-state index contributed by atoms with van der Waals surface area (Å²) in [5.74, 6) is -0.349. The summed E-state index contributed by atoms with van der Waals surface area (Å²) in [5, 5.41) is 8.71. The Morgan fingerprint density at radius 2 is 2.43 bits per heavy atom. The van der Waals surface area contributed by atoms with Crippen molar-refractivity contribution in [2.75, 3.05) is 0 Å². The molecule has 0 bridgehead atoms. The van der Waals surface area contributed by atoms with Gasteiger partial charge >= 0.3 is 5.97 Å². The van der Waals surface area contributed by atoms with Crippen molar-refractivity contribution >= 4 is 12.0 Å². The van der Waals surface area contributed by atoms with Crippen molar-refractivity contribution in [3.05, 3.63) is 29.7 Å². The number of rotatable bonds is 4. The zero-order chi connectivity index (χ0) is 10.6. The van der Waals surface area contributed by atoms with E-state index >= 15 is 0 Å². The molecule has 1 heterocycles. The summed E-state index contributed by atoms with van der Waals surface area (Å²) in [4.78, 5) is 10.6. The zero-order valence-corrected chi connectivity index (χ0v) is 8.36. The van der Waals surface area contributed by atoms with Gasteiger partial charge in [-0.1, -0.05) is 12.5 Å². The second kappa shape index (κ2) is 4.65. The van der Waals surface area contributed by atoms with E-state index in [-0.39, 0.29) is 5.92 Å². The van der Waals surface area contributed by atoms with Crippen LogP contribution in [0, 0.1) is 5.92 Å². The largest absolute Gasteiger partial charge is 0.481 e. The highest BCUT2D eigenvalue weighted by molar-refractivity contribution is 5.70. The van der Waals surface area contributed by atoms with E-state index in [9.17, 15) is 4.79 Å². The van der Waals surface area contributed by atoms with Crippen LogP contribution in [0.1, 0.15) is 26.0 Å². The minimum Gasteiger partial charge on any atom is -0.481 e. The minimum absolute atomic E-state index is 0.346. The minimum atomic E-state index is -0.766. The van der Waals surface area contributed by atoms with Crippen molar-refractivity contribution in [2.45, 2.75) is 20.3 Å². The number of allylic oxidation sites excluding steroid dienone is 1. The highest BCUT2D eigenvalue weighted by Crippen LogP contribution is 2.15. The topological polar surface area (TPSA) is 50.4 Å². The highest BCUT2D eigenvalue weighted by Gasteiger charge is 2.10. The Morgan fingerprint density at radius 3 is 2.93 bits per heavy atom. The predicted molar refractivity (Wildman–Crippen MR) is 53.8 cm³/mol. The van der Waals surface area contributed by atoms with E-state index in [1.807, 2.05) is 19.1 Å². The van der Waals surface area contributed by atoms with Gasteiger partial charge in [-0.2, -0.15) is 0 Å². The first kappa shape index (κ1) is 10.6. The summed E-state index contributed by atoms with van der Waals surface area (Å²) < 4.78 is 5.12. The van der Waals surface area contributed by atoms with E-state index in [4.69, 9.17) is 9.52 Å². The maximum Gasteiger partial charge on any atom is 0.306 e. The van der Waals surface area contributed by atoms with E-state index < -0.39 is 5.97 Å². The Morgan fingerprint density at radius 1 is 1.71 bits per heavy atom. The predicted octanol–water partition coefficient (Wildman–Crippen LogP) is 2.79. The van der Waals surface area contributed by atoms with Crippen LogP contribution in [0.2, 0.25) is 0 Å². The van der Waals surface area contributed by atoms with Gasteiger partial charge in [0.25, 0.3) is 0 Å². The first-order valence-corrected chi connectivity index (χ1v) is 4.53. The van der Waals surface area contributed by atoms with Crippen molar-refractivity contribution < 1.29 is 14.3 Å². The summed E-state index contributed by atoms with van der Waals surface area (Å²) >= 11 is 0. The molecule has 1 aromatic rings. The van der Waals surface area contributed by atoms with Crippen LogP contribution in [0.3, 0.4) is 0 Å². The first-order valence-electron chi connectivity index (χ1n) is 4.53. The quantitative estimate of drug-likeness (QED) is 0.801. The lowest BCUT2D eigenvalue weighted by molar-refractivity contribution is -0.141. The van der Waals surface area contributed by atoms with E-state index in [2.05, 4.69) is 0 Å². The summed E-state index contributed by atoms with van der Waals surface area (Å²) in [5.41, 5.74) is 1.01. The summed E-state index contributed by atoms with van der Waals surface area (Å²) in [6.45, 7) is 3.60. The van der Waals surface area contributed by atoms with Crippen LogP contribution in [0.25, 0.3) is 6.08 Å². The molecule has 0 aromatic carbocycles. The van der Waals surface area contributed by atoms with Crippen molar-refractivity contribution in [3.8, 4) is 0 Å². The zero-order valence-electron chi connectivity index (χ0n) is 8.36. The average molecular weight is 194 g/mol. The van der Waals surface area contributed by atoms with E-state index in [1.54, 1.807) is 19.3 Å². The standard InChI is InChI=1S/C11H14O3/c1-8(6-9(2)11(12)13)7-10-4-3-5-14-10/h3-5,7,9H,6H2,1-2H3,(H,12,13)/b8-7+. The molecular formula is C11H14O3. The van der Waals surface area contributed by atoms with Crippen molar-refractivity contribution in [2.24, 2.45) is 5.92 Å². The monoisotopic (exact) mass is 194 g/mol. The molecule has 1 N–H and O–H groups in total. The fourth-order valence-corrected chi connectivity index (χ4v) is 1.25. The average Bonchev–Trinajstić information content (AvgIpc) is 2.56. The molecule has 0 aliphatic heterocycles. The normalized spacial score (nSPS) is 14.0. The highest BCUT2D eigenvalue weighted by atomic mass is 16.4. The molecule has 0 aliphatic rings. The molecule has 76 valence electrons. The van der Waals surface area contributed by atoms with Crippen molar-refractivity contribution in [1.82, 2.24) is 0 Å². The number of furan rings is 1. The molecule has 3 heteroatoms. The molecule has 3 nitrogen and oxygen atoms in total. The van der Waals surface area contributed by atoms with Crippen LogP contribution in [0.5, 0.6) is 0 Å². The molecule has 1 aromatic heterocycles. The second-order valence-corrected chi connectivity index (χ2v) is 3.45. The van der Waals surface area contributed by atoms with Crippen LogP contribution < -0.4 is 0 Å². The Labute approximate surface area is 83.0 Å². The number of hydrogen-bond donors (Lipinski definition) is 1. The van der Waals surface area contributed by atoms with E-state index in [0.717, 1.165) is 11.3 Å². The van der Waals surface area contributed by atoms with E-state index in [0.29, 0.717) is 6.42 Å². The summed E-state index contributed by atoms with van der Waals surface area (Å²) in [6, 6.07) is 3.65. The van der Waals surface area contributed by atoms with Gasteiger partial charge in [-0.15, -0.1) is 0 Å². The summed E-state index contributed by atoms with van der Waals surface area (Å²) in [7, 11) is 0. The third-order valence-electron chi connectivity index (χ3n) is 1.98. The van der Waals surface area contributed by atoms with Gasteiger partial charge in [-0.25, -0.2) is 0 Å². The Kier molecular flexibility index (Phi) is 3.51. The Balaban J connectivity index is 2.58. The number of aliphatic carboxylic acids is 1. The van der Waals surface area contributed by atoms with Gasteiger partial charge in [0.2, 0.25) is 0 Å². The lowest BCUT2D eigenvalue weighted by atomic mass is 10.0. The fraction of sp³-hybridized carbons (Fsp3) is 0.364. The third-order valence-corrected chi connectivity index (χ3v) is 1.98. The van der Waals surface area contributed by atoms with Gasteiger partial charge < -0.3 is 9.52 Å². The van der Waals surface area contributed by atoms with Crippen LogP contribution >= 0.6 is 0 Å². The molecule has 1 rings (SSSR count). The van der Waals surface area contributed by atoms with Crippen molar-refractivity contribution in [1.29, 1.82) is 0 Å². The lowest BCUT2D eigenvalue weighted by Gasteiger charge is -2.05. The first-order chi connectivity index (χ1) is 6.59. The smallest absolute Gasteiger partial charge is 0.306 e. The van der Waals surface area contributed by atoms with Gasteiger partial charge in [0.1, 0.15) is 5.76 Å².